The van der Waals surface area contributed by atoms with Gasteiger partial charge in [-0.1, -0.05) is 98.8 Å². The molecule has 0 radical (unpaired) electrons. The molecule has 0 amide bonds. The Labute approximate surface area is 174 Å². The molecule has 0 heterocycles. The summed E-state index contributed by atoms with van der Waals surface area (Å²) >= 11 is 0. The standard InChI is InChI=1S/C14H23.C11H17.Fe/c1-4-7-12-10-13(8-5-2)14(11-12)9-6-3;1-3-6-10-8-5-9-11(10)7-4-2;/h10-11H,4-9H2,1-3H3;5,8-9H,3-4,6-7H2,1-2H3;/q2*-1;+2. The average molecular weight is 396 g/mol. The number of hydrogen-bond acceptors (Lipinski definition) is 0. The van der Waals surface area contributed by atoms with Crippen LogP contribution in [0, 0.1) is 0 Å². The molecule has 148 valence electrons. The van der Waals surface area contributed by atoms with Crippen LogP contribution in [0.3, 0.4) is 0 Å². The van der Waals surface area contributed by atoms with Crippen molar-refractivity contribution in [3.8, 4) is 0 Å². The van der Waals surface area contributed by atoms with Crippen LogP contribution >= 0.6 is 0 Å². The van der Waals surface area contributed by atoms with Crippen LogP contribution < -0.4 is 0 Å². The second-order valence-corrected chi connectivity index (χ2v) is 7.24. The first kappa shape index (κ1) is 25.2. The van der Waals surface area contributed by atoms with Crippen LogP contribution in [-0.2, 0) is 49.2 Å². The molecule has 0 saturated carbocycles. The van der Waals surface area contributed by atoms with Crippen LogP contribution in [0.5, 0.6) is 0 Å². The van der Waals surface area contributed by atoms with Gasteiger partial charge in [-0.05, 0) is 0 Å². The third-order valence-electron chi connectivity index (χ3n) is 4.76. The third-order valence-corrected chi connectivity index (χ3v) is 4.76. The van der Waals surface area contributed by atoms with Crippen molar-refractivity contribution >= 4 is 0 Å². The van der Waals surface area contributed by atoms with Crippen molar-refractivity contribution < 1.29 is 17.1 Å². The molecule has 0 aliphatic carbocycles. The van der Waals surface area contributed by atoms with Gasteiger partial charge in [0.15, 0.2) is 0 Å². The van der Waals surface area contributed by atoms with Crippen LogP contribution in [-0.4, -0.2) is 0 Å². The van der Waals surface area contributed by atoms with Gasteiger partial charge >= 0.3 is 17.1 Å². The van der Waals surface area contributed by atoms with E-state index in [1.165, 1.54) is 64.2 Å². The van der Waals surface area contributed by atoms with Gasteiger partial charge in [-0.15, -0.1) is 0 Å². The first-order chi connectivity index (χ1) is 12.2. The van der Waals surface area contributed by atoms with E-state index in [0.29, 0.717) is 0 Å². The van der Waals surface area contributed by atoms with Gasteiger partial charge in [-0.3, -0.25) is 0 Å². The van der Waals surface area contributed by atoms with Crippen molar-refractivity contribution in [2.75, 3.05) is 0 Å². The maximum Gasteiger partial charge on any atom is 2.00 e. The van der Waals surface area contributed by atoms with E-state index in [2.05, 4.69) is 65.0 Å². The van der Waals surface area contributed by atoms with Crippen LogP contribution in [0.25, 0.3) is 0 Å². The fourth-order valence-electron chi connectivity index (χ4n) is 3.63. The summed E-state index contributed by atoms with van der Waals surface area (Å²) in [6.45, 7) is 11.3. The Kier molecular flexibility index (Phi) is 14.8. The van der Waals surface area contributed by atoms with Gasteiger partial charge in [0.2, 0.25) is 0 Å². The van der Waals surface area contributed by atoms with Gasteiger partial charge in [0, 0.05) is 0 Å². The largest absolute Gasteiger partial charge is 2.00 e. The summed E-state index contributed by atoms with van der Waals surface area (Å²) < 4.78 is 0. The summed E-state index contributed by atoms with van der Waals surface area (Å²) in [6.07, 6.45) is 12.6. The normalized spacial score (nSPS) is 10.2. The molecule has 2 aromatic rings. The smallest absolute Gasteiger partial charge is 0.210 e. The van der Waals surface area contributed by atoms with E-state index in [0.717, 1.165) is 0 Å². The third kappa shape index (κ3) is 8.74. The topological polar surface area (TPSA) is 0 Å². The predicted molar refractivity (Wildman–Crippen MR) is 114 cm³/mol. The minimum Gasteiger partial charge on any atom is -0.210 e. The van der Waals surface area contributed by atoms with Crippen molar-refractivity contribution in [1.29, 1.82) is 0 Å². The minimum absolute atomic E-state index is 0. The summed E-state index contributed by atoms with van der Waals surface area (Å²) in [7, 11) is 0. The second-order valence-electron chi connectivity index (χ2n) is 7.24. The van der Waals surface area contributed by atoms with E-state index in [4.69, 9.17) is 0 Å². The summed E-state index contributed by atoms with van der Waals surface area (Å²) in [5.41, 5.74) is 7.90. The monoisotopic (exact) mass is 396 g/mol. The van der Waals surface area contributed by atoms with Gasteiger partial charge in [0.25, 0.3) is 0 Å². The molecule has 0 atom stereocenters. The van der Waals surface area contributed by atoms with E-state index >= 15 is 0 Å². The van der Waals surface area contributed by atoms with Crippen molar-refractivity contribution in [3.63, 3.8) is 0 Å². The number of aryl methyl sites for hydroxylation is 5. The summed E-state index contributed by atoms with van der Waals surface area (Å²) in [5, 5.41) is 0. The number of hydrogen-bond donors (Lipinski definition) is 0. The summed E-state index contributed by atoms with van der Waals surface area (Å²) in [4.78, 5) is 0. The van der Waals surface area contributed by atoms with Crippen molar-refractivity contribution in [2.24, 2.45) is 0 Å². The Bertz CT molecular complexity index is 514. The Morgan fingerprint density at radius 1 is 0.654 bits per heavy atom. The van der Waals surface area contributed by atoms with Crippen LogP contribution in [0.2, 0.25) is 0 Å². The van der Waals surface area contributed by atoms with Gasteiger partial charge in [0.1, 0.15) is 0 Å². The quantitative estimate of drug-likeness (QED) is 0.287. The molecule has 0 nitrogen and oxygen atoms in total. The number of rotatable bonds is 10. The summed E-state index contributed by atoms with van der Waals surface area (Å²) in [6, 6.07) is 11.6. The molecule has 2 aromatic carbocycles. The van der Waals surface area contributed by atoms with Gasteiger partial charge < -0.3 is 0 Å². The molecule has 0 fully saturated rings. The maximum absolute atomic E-state index is 2.43. The minimum atomic E-state index is 0. The Hall–Kier alpha value is -0.781. The predicted octanol–water partition coefficient (Wildman–Crippen LogP) is 7.57. The van der Waals surface area contributed by atoms with Gasteiger partial charge in [-0.25, -0.2) is 12.1 Å². The fourth-order valence-corrected chi connectivity index (χ4v) is 3.63. The fraction of sp³-hybridized carbons (Fsp3) is 0.600. The molecule has 0 unspecified atom stereocenters. The second kappa shape index (κ2) is 15.3. The SMILES string of the molecule is CCCc1cc(CCC)c(CCC)[cH-]1.CCCc1cc[cH-]c1CCC.[Fe+2]. The van der Waals surface area contributed by atoms with E-state index in [9.17, 15) is 0 Å². The molecule has 0 saturated heterocycles. The first-order valence-corrected chi connectivity index (χ1v) is 10.7. The average Bonchev–Trinajstić information content (AvgIpc) is 3.18. The Morgan fingerprint density at radius 3 is 1.77 bits per heavy atom. The summed E-state index contributed by atoms with van der Waals surface area (Å²) in [5.74, 6) is 0. The molecule has 0 aliphatic heterocycles. The molecule has 26 heavy (non-hydrogen) atoms. The molecular weight excluding hydrogens is 356 g/mol. The molecule has 0 aromatic heterocycles. The molecule has 0 bridgehead atoms. The molecule has 0 N–H and O–H groups in total. The van der Waals surface area contributed by atoms with Gasteiger partial charge in [0.05, 0.1) is 0 Å². The Balaban J connectivity index is 0.000000475. The van der Waals surface area contributed by atoms with Crippen molar-refractivity contribution in [3.05, 3.63) is 58.1 Å². The van der Waals surface area contributed by atoms with Crippen molar-refractivity contribution in [1.82, 2.24) is 0 Å². The zero-order chi connectivity index (χ0) is 18.5. The molecule has 0 spiro atoms. The zero-order valence-electron chi connectivity index (χ0n) is 17.8. The molecule has 0 aliphatic rings. The van der Waals surface area contributed by atoms with Gasteiger partial charge in [-0.2, -0.15) is 46.0 Å². The van der Waals surface area contributed by atoms with Crippen LogP contribution in [0.1, 0.15) is 94.5 Å². The maximum atomic E-state index is 2.43. The van der Waals surface area contributed by atoms with Crippen molar-refractivity contribution in [2.45, 2.75) is 98.8 Å². The van der Waals surface area contributed by atoms with E-state index in [-0.39, 0.29) is 17.1 Å². The van der Waals surface area contributed by atoms with Crippen LogP contribution in [0.4, 0.5) is 0 Å². The van der Waals surface area contributed by atoms with E-state index in [1.807, 2.05) is 0 Å². The zero-order valence-corrected chi connectivity index (χ0v) is 18.9. The van der Waals surface area contributed by atoms with E-state index in [1.54, 1.807) is 27.8 Å². The molecular formula is C25H40Fe. The molecule has 2 rings (SSSR count). The Morgan fingerprint density at radius 2 is 1.19 bits per heavy atom. The van der Waals surface area contributed by atoms with E-state index < -0.39 is 0 Å². The first-order valence-electron chi connectivity index (χ1n) is 10.7. The van der Waals surface area contributed by atoms with Crippen LogP contribution in [0.15, 0.2) is 30.3 Å². The molecule has 1 heteroatoms.